The Balaban J connectivity index is 2.02. The third-order valence-electron chi connectivity index (χ3n) is 4.35. The monoisotopic (exact) mass is 348 g/mol. The molecule has 3 atom stereocenters. The van der Waals surface area contributed by atoms with Crippen LogP contribution in [0.5, 0.6) is 0 Å². The van der Waals surface area contributed by atoms with Crippen LogP contribution in [-0.4, -0.2) is 46.8 Å². The average molecular weight is 348 g/mol. The average Bonchev–Trinajstić information content (AvgIpc) is 2.54. The minimum atomic E-state index is -0.897. The molecule has 2 N–H and O–H groups in total. The van der Waals surface area contributed by atoms with Crippen LogP contribution in [0.4, 0.5) is 4.79 Å². The fourth-order valence-electron chi connectivity index (χ4n) is 3.05. The zero-order valence-corrected chi connectivity index (χ0v) is 15.4. The van der Waals surface area contributed by atoms with Gasteiger partial charge in [-0.05, 0) is 39.7 Å². The van der Waals surface area contributed by atoms with Crippen LogP contribution in [0.25, 0.3) is 0 Å². The van der Waals surface area contributed by atoms with Gasteiger partial charge in [-0.1, -0.05) is 30.3 Å². The van der Waals surface area contributed by atoms with Crippen LogP contribution in [0.1, 0.15) is 45.7 Å². The molecular formula is C19H28N2O4. The summed E-state index contributed by atoms with van der Waals surface area (Å²) in [6.07, 6.45) is 0.126. The van der Waals surface area contributed by atoms with Crippen molar-refractivity contribution in [3.8, 4) is 0 Å². The quantitative estimate of drug-likeness (QED) is 0.874. The highest BCUT2D eigenvalue weighted by atomic mass is 16.6. The lowest BCUT2D eigenvalue weighted by molar-refractivity contribution is -0.144. The summed E-state index contributed by atoms with van der Waals surface area (Å²) in [7, 11) is 0. The molecule has 0 spiro atoms. The van der Waals surface area contributed by atoms with Crippen molar-refractivity contribution >= 4 is 12.1 Å². The number of hydrogen-bond donors (Lipinski definition) is 2. The van der Waals surface area contributed by atoms with Crippen LogP contribution in [0.2, 0.25) is 0 Å². The second kappa shape index (κ2) is 7.87. The molecule has 0 unspecified atom stereocenters. The molecule has 0 aromatic heterocycles. The lowest BCUT2D eigenvalue weighted by Gasteiger charge is -2.38. The lowest BCUT2D eigenvalue weighted by atomic mass is 9.91. The molecule has 6 heteroatoms. The number of likely N-dealkylation sites (tertiary alicyclic amines) is 1. The molecule has 1 heterocycles. The van der Waals surface area contributed by atoms with E-state index in [0.29, 0.717) is 13.0 Å². The van der Waals surface area contributed by atoms with E-state index >= 15 is 0 Å². The maximum absolute atomic E-state index is 12.2. The molecule has 0 saturated carbocycles. The minimum Gasteiger partial charge on any atom is -0.481 e. The second-order valence-electron chi connectivity index (χ2n) is 7.57. The van der Waals surface area contributed by atoms with E-state index in [1.54, 1.807) is 20.8 Å². The predicted molar refractivity (Wildman–Crippen MR) is 95.3 cm³/mol. The number of carbonyl (C=O) groups excluding carboxylic acids is 1. The van der Waals surface area contributed by atoms with Crippen molar-refractivity contribution in [2.45, 2.75) is 51.8 Å². The molecule has 1 saturated heterocycles. The van der Waals surface area contributed by atoms with Gasteiger partial charge in [0, 0.05) is 25.2 Å². The molecule has 1 aliphatic rings. The number of benzene rings is 1. The Hall–Kier alpha value is -2.08. The number of carboxylic acids is 1. The van der Waals surface area contributed by atoms with Gasteiger partial charge in [0.25, 0.3) is 0 Å². The van der Waals surface area contributed by atoms with Gasteiger partial charge in [0.1, 0.15) is 5.60 Å². The Morgan fingerprint density at radius 3 is 2.48 bits per heavy atom. The number of ether oxygens (including phenoxy) is 1. The summed E-state index contributed by atoms with van der Waals surface area (Å²) in [5, 5.41) is 13.0. The van der Waals surface area contributed by atoms with Crippen LogP contribution >= 0.6 is 0 Å². The van der Waals surface area contributed by atoms with Crippen LogP contribution in [0.3, 0.4) is 0 Å². The van der Waals surface area contributed by atoms with Crippen molar-refractivity contribution in [1.29, 1.82) is 0 Å². The summed E-state index contributed by atoms with van der Waals surface area (Å²) < 4.78 is 5.36. The Morgan fingerprint density at radius 1 is 1.28 bits per heavy atom. The van der Waals surface area contributed by atoms with Crippen molar-refractivity contribution in [2.24, 2.45) is 5.92 Å². The van der Waals surface area contributed by atoms with Crippen LogP contribution < -0.4 is 5.32 Å². The van der Waals surface area contributed by atoms with E-state index in [-0.39, 0.29) is 18.6 Å². The molecule has 1 aromatic carbocycles. The van der Waals surface area contributed by atoms with Gasteiger partial charge in [-0.2, -0.15) is 0 Å². The van der Waals surface area contributed by atoms with Crippen molar-refractivity contribution in [2.75, 3.05) is 13.1 Å². The van der Waals surface area contributed by atoms with Crippen molar-refractivity contribution in [3.63, 3.8) is 0 Å². The number of carbonyl (C=O) groups is 2. The van der Waals surface area contributed by atoms with E-state index in [4.69, 9.17) is 4.74 Å². The zero-order valence-electron chi connectivity index (χ0n) is 15.4. The third-order valence-corrected chi connectivity index (χ3v) is 4.35. The van der Waals surface area contributed by atoms with Gasteiger partial charge in [-0.3, -0.25) is 4.79 Å². The number of aliphatic carboxylic acids is 1. The molecule has 0 bridgehead atoms. The van der Waals surface area contributed by atoms with Crippen LogP contribution in [0.15, 0.2) is 30.3 Å². The molecule has 1 aliphatic heterocycles. The topological polar surface area (TPSA) is 78.9 Å². The zero-order chi connectivity index (χ0) is 18.6. The van der Waals surface area contributed by atoms with Gasteiger partial charge in [0.15, 0.2) is 0 Å². The molecule has 1 fully saturated rings. The molecule has 25 heavy (non-hydrogen) atoms. The van der Waals surface area contributed by atoms with Crippen molar-refractivity contribution in [3.05, 3.63) is 35.9 Å². The van der Waals surface area contributed by atoms with E-state index in [9.17, 15) is 14.7 Å². The first-order chi connectivity index (χ1) is 11.7. The summed E-state index contributed by atoms with van der Waals surface area (Å²) >= 11 is 0. The first-order valence-electron chi connectivity index (χ1n) is 8.69. The molecule has 138 valence electrons. The maximum Gasteiger partial charge on any atom is 0.410 e. The number of rotatable bonds is 4. The van der Waals surface area contributed by atoms with E-state index < -0.39 is 23.6 Å². The van der Waals surface area contributed by atoms with Crippen molar-refractivity contribution in [1.82, 2.24) is 10.2 Å². The number of piperidine rings is 1. The smallest absolute Gasteiger partial charge is 0.410 e. The summed E-state index contributed by atoms with van der Waals surface area (Å²) in [5.74, 6) is -1.56. The number of carboxylic acid groups (broad SMARTS) is 1. The normalized spacial score (nSPS) is 22.3. The molecule has 1 amide bonds. The highest BCUT2D eigenvalue weighted by Gasteiger charge is 2.38. The Labute approximate surface area is 149 Å². The summed E-state index contributed by atoms with van der Waals surface area (Å²) in [5.41, 5.74) is 0.522. The number of amides is 1. The Bertz CT molecular complexity index is 597. The predicted octanol–water partition coefficient (Wildman–Crippen LogP) is 3.05. The highest BCUT2D eigenvalue weighted by molar-refractivity contribution is 5.74. The van der Waals surface area contributed by atoms with Gasteiger partial charge in [-0.15, -0.1) is 0 Å². The van der Waals surface area contributed by atoms with Crippen LogP contribution in [0, 0.1) is 5.92 Å². The van der Waals surface area contributed by atoms with E-state index in [1.165, 1.54) is 4.90 Å². The Morgan fingerprint density at radius 2 is 1.92 bits per heavy atom. The van der Waals surface area contributed by atoms with Gasteiger partial charge >= 0.3 is 12.1 Å². The standard InChI is InChI=1S/C19H28N2O4/c1-13(14-8-6-5-7-9-14)20-16-10-11-21(12-15(16)17(22)23)18(24)25-19(2,3)4/h5-9,13,15-16,20H,10-12H2,1-4H3,(H,22,23)/t13-,15-,16-/m0/s1. The highest BCUT2D eigenvalue weighted by Crippen LogP contribution is 2.23. The van der Waals surface area contributed by atoms with Gasteiger partial charge in [-0.25, -0.2) is 4.79 Å². The summed E-state index contributed by atoms with van der Waals surface area (Å²) in [6.45, 7) is 8.07. The second-order valence-corrected chi connectivity index (χ2v) is 7.57. The van der Waals surface area contributed by atoms with E-state index in [1.807, 2.05) is 37.3 Å². The SMILES string of the molecule is C[C@H](N[C@H]1CCN(C(=O)OC(C)(C)C)C[C@@H]1C(=O)O)c1ccccc1. The molecule has 1 aromatic rings. The van der Waals surface area contributed by atoms with E-state index in [0.717, 1.165) is 5.56 Å². The Kier molecular flexibility index (Phi) is 6.06. The van der Waals surface area contributed by atoms with Gasteiger partial charge < -0.3 is 20.1 Å². The van der Waals surface area contributed by atoms with E-state index in [2.05, 4.69) is 5.32 Å². The summed E-state index contributed by atoms with van der Waals surface area (Å²) in [6, 6.07) is 9.77. The molecule has 0 aliphatic carbocycles. The fraction of sp³-hybridized carbons (Fsp3) is 0.579. The molecular weight excluding hydrogens is 320 g/mol. The molecule has 6 nitrogen and oxygen atoms in total. The summed E-state index contributed by atoms with van der Waals surface area (Å²) in [4.78, 5) is 25.4. The van der Waals surface area contributed by atoms with Gasteiger partial charge in [0.05, 0.1) is 5.92 Å². The maximum atomic E-state index is 12.2. The van der Waals surface area contributed by atoms with Crippen molar-refractivity contribution < 1.29 is 19.4 Å². The third kappa shape index (κ3) is 5.46. The van der Waals surface area contributed by atoms with Gasteiger partial charge in [0.2, 0.25) is 0 Å². The number of nitrogens with one attached hydrogen (secondary N) is 1. The first kappa shape index (κ1) is 19.2. The molecule has 0 radical (unpaired) electrons. The number of hydrogen-bond acceptors (Lipinski definition) is 4. The first-order valence-corrected chi connectivity index (χ1v) is 8.69. The number of nitrogens with zero attached hydrogens (tertiary/aromatic N) is 1. The molecule has 2 rings (SSSR count). The fourth-order valence-corrected chi connectivity index (χ4v) is 3.05. The minimum absolute atomic E-state index is 0.0427. The van der Waals surface area contributed by atoms with Crippen LogP contribution in [-0.2, 0) is 9.53 Å². The lowest BCUT2D eigenvalue weighted by Crippen LogP contribution is -2.54. The largest absolute Gasteiger partial charge is 0.481 e.